The van der Waals surface area contributed by atoms with E-state index < -0.39 is 30.2 Å². The van der Waals surface area contributed by atoms with Crippen LogP contribution in [0.3, 0.4) is 0 Å². The third kappa shape index (κ3) is 4.63. The van der Waals surface area contributed by atoms with Gasteiger partial charge in [0.2, 0.25) is 5.88 Å². The Bertz CT molecular complexity index is 1110. The van der Waals surface area contributed by atoms with E-state index in [0.29, 0.717) is 16.3 Å². The summed E-state index contributed by atoms with van der Waals surface area (Å²) in [5.74, 6) is -1.38. The highest BCUT2D eigenvalue weighted by atomic mass is 19.4. The smallest absolute Gasteiger partial charge is 0.417 e. The van der Waals surface area contributed by atoms with Crippen molar-refractivity contribution in [3.05, 3.63) is 77.2 Å². The second-order valence-electron chi connectivity index (χ2n) is 5.90. The van der Waals surface area contributed by atoms with E-state index in [4.69, 9.17) is 0 Å². The van der Waals surface area contributed by atoms with E-state index in [1.54, 1.807) is 6.07 Å². The van der Waals surface area contributed by atoms with Gasteiger partial charge < -0.3 is 4.74 Å². The Kier molecular flexibility index (Phi) is 5.82. The molecule has 0 atom stereocenters. The quantitative estimate of drug-likeness (QED) is 0.301. The summed E-state index contributed by atoms with van der Waals surface area (Å²) in [5, 5.41) is 12.6. The van der Waals surface area contributed by atoms with Crippen LogP contribution in [0.5, 0.6) is 5.88 Å². The van der Waals surface area contributed by atoms with Gasteiger partial charge in [0.15, 0.2) is 5.69 Å². The monoisotopic (exact) mass is 423 g/mol. The van der Waals surface area contributed by atoms with E-state index in [2.05, 4.69) is 9.84 Å². The SMILES string of the molecule is N#C/C(=C/c1ccc(-n2nc(C(F)(F)F)cc2OC(F)F)cc1)c1ccccc1F. The number of alkyl halides is 5. The molecule has 0 saturated carbocycles. The van der Waals surface area contributed by atoms with Crippen molar-refractivity contribution in [2.24, 2.45) is 0 Å². The summed E-state index contributed by atoms with van der Waals surface area (Å²) < 4.78 is 82.4. The number of nitriles is 1. The predicted octanol–water partition coefficient (Wildman–Crippen LogP) is 5.70. The molecule has 0 N–H and O–H groups in total. The molecule has 0 aliphatic heterocycles. The first-order valence-corrected chi connectivity index (χ1v) is 8.28. The molecule has 0 saturated heterocycles. The maximum absolute atomic E-state index is 13.9. The lowest BCUT2D eigenvalue weighted by Gasteiger charge is -2.08. The second kappa shape index (κ2) is 8.32. The number of benzene rings is 2. The third-order valence-corrected chi connectivity index (χ3v) is 3.91. The molecular weight excluding hydrogens is 412 g/mol. The summed E-state index contributed by atoms with van der Waals surface area (Å²) in [6.45, 7) is -3.34. The van der Waals surface area contributed by atoms with Crippen molar-refractivity contribution in [3.8, 4) is 17.6 Å². The van der Waals surface area contributed by atoms with Gasteiger partial charge in [0.25, 0.3) is 0 Å². The molecule has 2 aromatic carbocycles. The van der Waals surface area contributed by atoms with E-state index in [1.165, 1.54) is 48.5 Å². The zero-order chi connectivity index (χ0) is 21.9. The first-order valence-electron chi connectivity index (χ1n) is 8.28. The molecule has 10 heteroatoms. The van der Waals surface area contributed by atoms with Crippen LogP contribution < -0.4 is 4.74 Å². The highest BCUT2D eigenvalue weighted by Crippen LogP contribution is 2.33. The number of halogens is 6. The van der Waals surface area contributed by atoms with Gasteiger partial charge in [-0.1, -0.05) is 30.3 Å². The van der Waals surface area contributed by atoms with Crippen molar-refractivity contribution in [2.45, 2.75) is 12.8 Å². The third-order valence-electron chi connectivity index (χ3n) is 3.91. The fourth-order valence-electron chi connectivity index (χ4n) is 2.59. The van der Waals surface area contributed by atoms with Crippen LogP contribution in [0.4, 0.5) is 26.3 Å². The van der Waals surface area contributed by atoms with Gasteiger partial charge in [-0.25, -0.2) is 9.07 Å². The fourth-order valence-corrected chi connectivity index (χ4v) is 2.59. The minimum Gasteiger partial charge on any atom is -0.417 e. The molecule has 154 valence electrons. The lowest BCUT2D eigenvalue weighted by atomic mass is 10.0. The molecule has 3 rings (SSSR count). The Morgan fingerprint density at radius 1 is 1.10 bits per heavy atom. The summed E-state index contributed by atoms with van der Waals surface area (Å²) >= 11 is 0. The minimum atomic E-state index is -4.85. The fraction of sp³-hybridized carbons (Fsp3) is 0.100. The summed E-state index contributed by atoms with van der Waals surface area (Å²) in [6, 6.07) is 13.3. The van der Waals surface area contributed by atoms with Gasteiger partial charge in [-0.05, 0) is 29.8 Å². The van der Waals surface area contributed by atoms with Crippen molar-refractivity contribution >= 4 is 11.6 Å². The van der Waals surface area contributed by atoms with Crippen molar-refractivity contribution in [1.82, 2.24) is 9.78 Å². The largest absolute Gasteiger partial charge is 0.435 e. The van der Waals surface area contributed by atoms with Gasteiger partial charge in [0, 0.05) is 11.6 Å². The molecule has 0 bridgehead atoms. The highest BCUT2D eigenvalue weighted by Gasteiger charge is 2.36. The van der Waals surface area contributed by atoms with Gasteiger partial charge >= 0.3 is 12.8 Å². The normalized spacial score (nSPS) is 12.1. The van der Waals surface area contributed by atoms with Crippen LogP contribution >= 0.6 is 0 Å². The standard InChI is InChI=1S/C20H11F6N3O/c21-16-4-2-1-3-15(16)13(11-27)9-12-5-7-14(8-6-12)29-18(30-19(22)23)10-17(28-29)20(24,25)26/h1-10,19H/b13-9-. The van der Waals surface area contributed by atoms with E-state index in [0.717, 1.165) is 0 Å². The Balaban J connectivity index is 1.97. The zero-order valence-electron chi connectivity index (χ0n) is 14.9. The number of hydrogen-bond donors (Lipinski definition) is 0. The van der Waals surface area contributed by atoms with Gasteiger partial charge in [-0.2, -0.15) is 32.3 Å². The average Bonchev–Trinajstić information content (AvgIpc) is 3.11. The lowest BCUT2D eigenvalue weighted by molar-refractivity contribution is -0.141. The molecule has 1 heterocycles. The summed E-state index contributed by atoms with van der Waals surface area (Å²) in [4.78, 5) is 0. The molecule has 0 aliphatic rings. The average molecular weight is 423 g/mol. The molecule has 3 aromatic rings. The molecular formula is C20H11F6N3O. The van der Waals surface area contributed by atoms with Crippen LogP contribution in [0.1, 0.15) is 16.8 Å². The molecule has 0 amide bonds. The Labute approximate surface area is 166 Å². The molecule has 4 nitrogen and oxygen atoms in total. The Hall–Kier alpha value is -3.74. The van der Waals surface area contributed by atoms with Gasteiger partial charge in [0.05, 0.1) is 17.3 Å². The van der Waals surface area contributed by atoms with E-state index in [9.17, 15) is 31.6 Å². The first kappa shape index (κ1) is 21.0. The van der Waals surface area contributed by atoms with Crippen LogP contribution in [-0.4, -0.2) is 16.4 Å². The molecule has 0 aliphatic carbocycles. The van der Waals surface area contributed by atoms with Crippen molar-refractivity contribution in [2.75, 3.05) is 0 Å². The lowest BCUT2D eigenvalue weighted by Crippen LogP contribution is -2.09. The maximum Gasteiger partial charge on any atom is 0.435 e. The van der Waals surface area contributed by atoms with Crippen LogP contribution in [0.15, 0.2) is 54.6 Å². The summed E-state index contributed by atoms with van der Waals surface area (Å²) in [5.41, 5.74) is -0.839. The van der Waals surface area contributed by atoms with Crippen LogP contribution in [0.25, 0.3) is 17.3 Å². The number of nitrogens with zero attached hydrogens (tertiary/aromatic N) is 3. The Morgan fingerprint density at radius 2 is 1.77 bits per heavy atom. The van der Waals surface area contributed by atoms with Gasteiger partial charge in [-0.3, -0.25) is 0 Å². The number of ether oxygens (including phenoxy) is 1. The van der Waals surface area contributed by atoms with E-state index in [1.807, 2.05) is 6.07 Å². The molecule has 30 heavy (non-hydrogen) atoms. The van der Waals surface area contributed by atoms with Crippen LogP contribution in [0.2, 0.25) is 0 Å². The molecule has 0 spiro atoms. The number of allylic oxidation sites excluding steroid dienone is 1. The van der Waals surface area contributed by atoms with E-state index >= 15 is 0 Å². The zero-order valence-corrected chi connectivity index (χ0v) is 14.9. The summed E-state index contributed by atoms with van der Waals surface area (Å²) in [6.07, 6.45) is -3.47. The van der Waals surface area contributed by atoms with Crippen molar-refractivity contribution in [1.29, 1.82) is 5.26 Å². The summed E-state index contributed by atoms with van der Waals surface area (Å²) in [7, 11) is 0. The molecule has 0 unspecified atom stereocenters. The predicted molar refractivity (Wildman–Crippen MR) is 95.1 cm³/mol. The number of rotatable bonds is 5. The molecule has 0 fully saturated rings. The van der Waals surface area contributed by atoms with Crippen molar-refractivity contribution < 1.29 is 31.1 Å². The number of aromatic nitrogens is 2. The topological polar surface area (TPSA) is 50.8 Å². The first-order chi connectivity index (χ1) is 14.2. The Morgan fingerprint density at radius 3 is 2.33 bits per heavy atom. The minimum absolute atomic E-state index is 0.0164. The number of hydrogen-bond acceptors (Lipinski definition) is 3. The second-order valence-corrected chi connectivity index (χ2v) is 5.90. The van der Waals surface area contributed by atoms with Gasteiger partial charge in [-0.15, -0.1) is 0 Å². The molecule has 0 radical (unpaired) electrons. The van der Waals surface area contributed by atoms with E-state index in [-0.39, 0.29) is 16.8 Å². The highest BCUT2D eigenvalue weighted by molar-refractivity contribution is 5.89. The van der Waals surface area contributed by atoms with Gasteiger partial charge in [0.1, 0.15) is 5.82 Å². The van der Waals surface area contributed by atoms with Crippen LogP contribution in [0, 0.1) is 17.1 Å². The maximum atomic E-state index is 13.9. The molecule has 1 aromatic heterocycles. The van der Waals surface area contributed by atoms with Crippen molar-refractivity contribution in [3.63, 3.8) is 0 Å². The van der Waals surface area contributed by atoms with Crippen LogP contribution in [-0.2, 0) is 6.18 Å².